The molecule has 0 aliphatic carbocycles. The number of benzene rings is 1. The molecule has 0 spiro atoms. The van der Waals surface area contributed by atoms with Gasteiger partial charge in [0.1, 0.15) is 0 Å². The average Bonchev–Trinajstić information content (AvgIpc) is 2.38. The second-order valence-electron chi connectivity index (χ2n) is 3.87. The number of aliphatic hydroxyl groups is 1. The molecule has 0 fully saturated rings. The average molecular weight is 288 g/mol. The molecule has 0 aliphatic heterocycles. The van der Waals surface area contributed by atoms with Crippen molar-refractivity contribution in [1.29, 1.82) is 0 Å². The van der Waals surface area contributed by atoms with Gasteiger partial charge in [0.25, 0.3) is 0 Å². The summed E-state index contributed by atoms with van der Waals surface area (Å²) in [7, 11) is 0. The highest BCUT2D eigenvalue weighted by atomic mass is 35.5. The third kappa shape index (κ3) is 3.05. The van der Waals surface area contributed by atoms with Crippen LogP contribution in [0.5, 0.6) is 0 Å². The molecule has 0 aliphatic rings. The molecular weight excluding hydrogens is 279 g/mol. The summed E-state index contributed by atoms with van der Waals surface area (Å²) in [5, 5.41) is 9.23. The number of rotatable bonds is 2. The Hall–Kier alpha value is -1.59. The second-order valence-corrected chi connectivity index (χ2v) is 4.28. The quantitative estimate of drug-likeness (QED) is 0.908. The van der Waals surface area contributed by atoms with Crippen LogP contribution in [0.15, 0.2) is 36.4 Å². The van der Waals surface area contributed by atoms with E-state index in [-0.39, 0.29) is 22.9 Å². The Labute approximate surface area is 112 Å². The molecule has 1 aromatic carbocycles. The van der Waals surface area contributed by atoms with Gasteiger partial charge in [0, 0.05) is 5.56 Å². The highest BCUT2D eigenvalue weighted by Crippen LogP contribution is 2.33. The van der Waals surface area contributed by atoms with E-state index in [2.05, 4.69) is 4.98 Å². The fraction of sp³-hybridized carbons (Fsp3) is 0.154. The number of aliphatic hydroxyl groups excluding tert-OH is 1. The standard InChI is InChI=1S/C13H9ClF3NO/c14-11-5-4-10(7-19)18-12(11)8-2-1-3-9(6-8)13(15,16)17/h1-6,19H,7H2. The van der Waals surface area contributed by atoms with E-state index in [0.29, 0.717) is 5.69 Å². The lowest BCUT2D eigenvalue weighted by atomic mass is 10.1. The Morgan fingerprint density at radius 1 is 1.16 bits per heavy atom. The SMILES string of the molecule is OCc1ccc(Cl)c(-c2cccc(C(F)(F)F)c2)n1. The molecule has 2 rings (SSSR count). The Morgan fingerprint density at radius 2 is 1.89 bits per heavy atom. The summed E-state index contributed by atoms with van der Waals surface area (Å²) in [5.41, 5.74) is 0.0588. The van der Waals surface area contributed by atoms with Crippen LogP contribution >= 0.6 is 11.6 Å². The van der Waals surface area contributed by atoms with Crippen molar-refractivity contribution in [3.63, 3.8) is 0 Å². The fourth-order valence-electron chi connectivity index (χ4n) is 1.62. The molecule has 19 heavy (non-hydrogen) atoms. The summed E-state index contributed by atoms with van der Waals surface area (Å²) in [6.07, 6.45) is -4.42. The lowest BCUT2D eigenvalue weighted by Gasteiger charge is -2.10. The molecule has 0 unspecified atom stereocenters. The Kier molecular flexibility index (Phi) is 3.78. The molecule has 0 atom stereocenters. The first kappa shape index (κ1) is 13.8. The van der Waals surface area contributed by atoms with Gasteiger partial charge in [-0.15, -0.1) is 0 Å². The molecule has 2 aromatic rings. The lowest BCUT2D eigenvalue weighted by molar-refractivity contribution is -0.137. The zero-order chi connectivity index (χ0) is 14.0. The molecule has 1 heterocycles. The second kappa shape index (κ2) is 5.19. The monoisotopic (exact) mass is 287 g/mol. The maximum atomic E-state index is 12.6. The van der Waals surface area contributed by atoms with E-state index in [9.17, 15) is 13.2 Å². The minimum Gasteiger partial charge on any atom is -0.390 e. The minimum atomic E-state index is -4.42. The van der Waals surface area contributed by atoms with Crippen LogP contribution in [0.1, 0.15) is 11.3 Å². The Morgan fingerprint density at radius 3 is 2.53 bits per heavy atom. The number of pyridine rings is 1. The van der Waals surface area contributed by atoms with Crippen molar-refractivity contribution < 1.29 is 18.3 Å². The number of aromatic nitrogens is 1. The Bertz CT molecular complexity index is 599. The molecule has 0 saturated heterocycles. The van der Waals surface area contributed by atoms with E-state index >= 15 is 0 Å². The molecule has 6 heteroatoms. The predicted octanol–water partition coefficient (Wildman–Crippen LogP) is 3.91. The molecule has 0 amide bonds. The van der Waals surface area contributed by atoms with Gasteiger partial charge in [-0.2, -0.15) is 13.2 Å². The lowest BCUT2D eigenvalue weighted by Crippen LogP contribution is -2.04. The molecule has 1 N–H and O–H groups in total. The summed E-state index contributed by atoms with van der Waals surface area (Å²) in [4.78, 5) is 4.03. The molecule has 100 valence electrons. The highest BCUT2D eigenvalue weighted by Gasteiger charge is 2.30. The van der Waals surface area contributed by atoms with Gasteiger partial charge in [0.2, 0.25) is 0 Å². The number of halogens is 4. The first-order valence-corrected chi connectivity index (χ1v) is 5.73. The van der Waals surface area contributed by atoms with Gasteiger partial charge in [-0.1, -0.05) is 23.7 Å². The number of hydrogen-bond donors (Lipinski definition) is 1. The zero-order valence-corrected chi connectivity index (χ0v) is 10.3. The van der Waals surface area contributed by atoms with Crippen LogP contribution < -0.4 is 0 Å². The van der Waals surface area contributed by atoms with Crippen LogP contribution in [0, 0.1) is 0 Å². The molecule has 2 nitrogen and oxygen atoms in total. The molecular formula is C13H9ClF3NO. The van der Waals surface area contributed by atoms with E-state index < -0.39 is 11.7 Å². The predicted molar refractivity (Wildman–Crippen MR) is 65.6 cm³/mol. The van der Waals surface area contributed by atoms with E-state index in [1.54, 1.807) is 0 Å². The van der Waals surface area contributed by atoms with Crippen LogP contribution in [0.25, 0.3) is 11.3 Å². The topological polar surface area (TPSA) is 33.1 Å². The third-order valence-corrected chi connectivity index (χ3v) is 2.83. The number of alkyl halides is 3. The van der Waals surface area contributed by atoms with Crippen LogP contribution in [-0.4, -0.2) is 10.1 Å². The normalized spacial score (nSPS) is 11.6. The smallest absolute Gasteiger partial charge is 0.390 e. The minimum absolute atomic E-state index is 0.222. The third-order valence-electron chi connectivity index (χ3n) is 2.53. The zero-order valence-electron chi connectivity index (χ0n) is 9.58. The van der Waals surface area contributed by atoms with Gasteiger partial charge in [-0.25, -0.2) is 4.98 Å². The van der Waals surface area contributed by atoms with Crippen LogP contribution in [0.2, 0.25) is 5.02 Å². The van der Waals surface area contributed by atoms with Crippen LogP contribution in [0.4, 0.5) is 13.2 Å². The summed E-state index contributed by atoms with van der Waals surface area (Å²) in [6.45, 7) is -0.302. The molecule has 0 bridgehead atoms. The van der Waals surface area contributed by atoms with Gasteiger partial charge < -0.3 is 5.11 Å². The van der Waals surface area contributed by atoms with Crippen molar-refractivity contribution in [3.8, 4) is 11.3 Å². The number of hydrogen-bond acceptors (Lipinski definition) is 2. The van der Waals surface area contributed by atoms with Gasteiger partial charge >= 0.3 is 6.18 Å². The summed E-state index contributed by atoms with van der Waals surface area (Å²) >= 11 is 5.93. The first-order chi connectivity index (χ1) is 8.91. The number of nitrogens with zero attached hydrogens (tertiary/aromatic N) is 1. The summed E-state index contributed by atoms with van der Waals surface area (Å²) in [5.74, 6) is 0. The highest BCUT2D eigenvalue weighted by molar-refractivity contribution is 6.33. The van der Waals surface area contributed by atoms with E-state index in [0.717, 1.165) is 12.1 Å². The largest absolute Gasteiger partial charge is 0.416 e. The summed E-state index contributed by atoms with van der Waals surface area (Å²) in [6, 6.07) is 7.75. The van der Waals surface area contributed by atoms with Crippen LogP contribution in [0.3, 0.4) is 0 Å². The van der Waals surface area contributed by atoms with Gasteiger partial charge in [0.15, 0.2) is 0 Å². The maximum Gasteiger partial charge on any atom is 0.416 e. The van der Waals surface area contributed by atoms with Gasteiger partial charge in [-0.3, -0.25) is 0 Å². The van der Waals surface area contributed by atoms with Crippen molar-refractivity contribution in [2.45, 2.75) is 12.8 Å². The van der Waals surface area contributed by atoms with Crippen molar-refractivity contribution in [2.24, 2.45) is 0 Å². The van der Waals surface area contributed by atoms with Crippen LogP contribution in [-0.2, 0) is 12.8 Å². The molecule has 1 aromatic heterocycles. The molecule has 0 radical (unpaired) electrons. The van der Waals surface area contributed by atoms with E-state index in [1.165, 1.54) is 24.3 Å². The summed E-state index contributed by atoms with van der Waals surface area (Å²) < 4.78 is 37.9. The Balaban J connectivity index is 2.53. The van der Waals surface area contributed by atoms with E-state index in [4.69, 9.17) is 16.7 Å². The van der Waals surface area contributed by atoms with Crippen molar-refractivity contribution >= 4 is 11.6 Å². The van der Waals surface area contributed by atoms with Crippen molar-refractivity contribution in [2.75, 3.05) is 0 Å². The van der Waals surface area contributed by atoms with Crippen molar-refractivity contribution in [3.05, 3.63) is 52.7 Å². The maximum absolute atomic E-state index is 12.6. The van der Waals surface area contributed by atoms with Gasteiger partial charge in [0.05, 0.1) is 28.6 Å². The van der Waals surface area contributed by atoms with Gasteiger partial charge in [-0.05, 0) is 24.3 Å². The fourth-order valence-corrected chi connectivity index (χ4v) is 1.83. The first-order valence-electron chi connectivity index (χ1n) is 5.35. The molecule has 0 saturated carbocycles. The van der Waals surface area contributed by atoms with Crippen molar-refractivity contribution in [1.82, 2.24) is 4.98 Å². The van der Waals surface area contributed by atoms with E-state index in [1.807, 2.05) is 0 Å².